The zero-order chi connectivity index (χ0) is 12.3. The lowest BCUT2D eigenvalue weighted by Gasteiger charge is -2.69. The number of halogens is 2. The quantitative estimate of drug-likeness (QED) is 0.442. The third-order valence-corrected chi connectivity index (χ3v) is 6.00. The van der Waals surface area contributed by atoms with Gasteiger partial charge >= 0.3 is 5.97 Å². The van der Waals surface area contributed by atoms with Gasteiger partial charge < -0.3 is 4.74 Å². The van der Waals surface area contributed by atoms with Gasteiger partial charge in [-0.3, -0.25) is 4.79 Å². The van der Waals surface area contributed by atoms with Gasteiger partial charge in [-0.2, -0.15) is 0 Å². The van der Waals surface area contributed by atoms with Crippen molar-refractivity contribution in [3.8, 4) is 0 Å². The van der Waals surface area contributed by atoms with Crippen molar-refractivity contribution in [3.05, 3.63) is 0 Å². The smallest absolute Gasteiger partial charge is 0.308 e. The molecule has 0 N–H and O–H groups in total. The summed E-state index contributed by atoms with van der Waals surface area (Å²) in [5.74, 6) is -0.432. The number of hydrogen-bond acceptors (Lipinski definition) is 2. The first-order valence-electron chi connectivity index (χ1n) is 6.34. The SMILES string of the molecule is COC(=O)[C@@H]1CC[C@](F)(CC23CC(I)(C2)C3)C1. The Kier molecular flexibility index (Phi) is 2.56. The van der Waals surface area contributed by atoms with Gasteiger partial charge in [-0.05, 0) is 50.4 Å². The van der Waals surface area contributed by atoms with Crippen molar-refractivity contribution in [2.24, 2.45) is 11.3 Å². The van der Waals surface area contributed by atoms with Gasteiger partial charge in [0, 0.05) is 3.42 Å². The fourth-order valence-electron chi connectivity index (χ4n) is 4.33. The normalized spacial score (nSPS) is 51.6. The van der Waals surface area contributed by atoms with Crippen molar-refractivity contribution in [1.82, 2.24) is 0 Å². The fraction of sp³-hybridized carbons (Fsp3) is 0.923. The van der Waals surface area contributed by atoms with Crippen molar-refractivity contribution in [2.75, 3.05) is 7.11 Å². The van der Waals surface area contributed by atoms with Crippen LogP contribution in [0.5, 0.6) is 0 Å². The minimum Gasteiger partial charge on any atom is -0.469 e. The lowest BCUT2D eigenvalue weighted by Crippen LogP contribution is -2.64. The molecule has 0 radical (unpaired) electrons. The summed E-state index contributed by atoms with van der Waals surface area (Å²) >= 11 is 2.52. The Morgan fingerprint density at radius 2 is 2.12 bits per heavy atom. The van der Waals surface area contributed by atoms with Crippen LogP contribution in [0.25, 0.3) is 0 Å². The van der Waals surface area contributed by atoms with Gasteiger partial charge in [0.1, 0.15) is 5.67 Å². The van der Waals surface area contributed by atoms with Gasteiger partial charge in [0.15, 0.2) is 0 Å². The zero-order valence-electron chi connectivity index (χ0n) is 10.1. The second kappa shape index (κ2) is 3.58. The fourth-order valence-corrected chi connectivity index (χ4v) is 6.75. The van der Waals surface area contributed by atoms with E-state index in [1.54, 1.807) is 0 Å². The first kappa shape index (κ1) is 12.2. The summed E-state index contributed by atoms with van der Waals surface area (Å²) < 4.78 is 19.9. The Bertz CT molecular complexity index is 351. The van der Waals surface area contributed by atoms with E-state index >= 15 is 0 Å². The number of ether oxygens (including phenoxy) is 1. The highest BCUT2D eigenvalue weighted by Gasteiger charge is 2.68. The van der Waals surface area contributed by atoms with Crippen LogP contribution in [0.1, 0.15) is 44.9 Å². The van der Waals surface area contributed by atoms with E-state index in [2.05, 4.69) is 22.6 Å². The predicted molar refractivity (Wildman–Crippen MR) is 70.8 cm³/mol. The minimum absolute atomic E-state index is 0.203. The van der Waals surface area contributed by atoms with Crippen LogP contribution >= 0.6 is 22.6 Å². The Morgan fingerprint density at radius 1 is 1.47 bits per heavy atom. The highest BCUT2D eigenvalue weighted by molar-refractivity contribution is 14.1. The van der Waals surface area contributed by atoms with Crippen LogP contribution in [0.3, 0.4) is 0 Å². The monoisotopic (exact) mass is 352 g/mol. The molecule has 2 nitrogen and oxygen atoms in total. The van der Waals surface area contributed by atoms with E-state index in [4.69, 9.17) is 4.74 Å². The molecule has 0 aromatic carbocycles. The molecular weight excluding hydrogens is 334 g/mol. The molecule has 0 amide bonds. The summed E-state index contributed by atoms with van der Waals surface area (Å²) in [7, 11) is 1.39. The molecule has 4 aliphatic carbocycles. The van der Waals surface area contributed by atoms with Crippen LogP contribution < -0.4 is 0 Å². The number of alkyl halides is 2. The molecule has 2 atom stereocenters. The molecule has 2 bridgehead atoms. The third kappa shape index (κ3) is 1.90. The third-order valence-electron chi connectivity index (χ3n) is 4.85. The number of methoxy groups -OCH3 is 1. The molecule has 4 saturated carbocycles. The number of hydrogen-bond donors (Lipinski definition) is 0. The molecule has 96 valence electrons. The van der Waals surface area contributed by atoms with Gasteiger partial charge in [0.2, 0.25) is 0 Å². The first-order valence-corrected chi connectivity index (χ1v) is 7.41. The molecule has 4 rings (SSSR count). The molecule has 0 heterocycles. The second-order valence-corrected chi connectivity index (χ2v) is 8.76. The van der Waals surface area contributed by atoms with Crippen LogP contribution in [-0.4, -0.2) is 22.2 Å². The molecule has 4 heteroatoms. The van der Waals surface area contributed by atoms with E-state index in [0.717, 1.165) is 0 Å². The molecular formula is C13H18FIO2. The Morgan fingerprint density at radius 3 is 2.65 bits per heavy atom. The molecule has 0 saturated heterocycles. The molecule has 4 aliphatic rings. The molecule has 0 unspecified atom stereocenters. The summed E-state index contributed by atoms with van der Waals surface area (Å²) in [6.45, 7) is 0. The average Bonchev–Trinajstić information content (AvgIpc) is 2.56. The summed E-state index contributed by atoms with van der Waals surface area (Å²) in [6.07, 6.45) is 5.84. The average molecular weight is 352 g/mol. The van der Waals surface area contributed by atoms with E-state index < -0.39 is 5.67 Å². The van der Waals surface area contributed by atoms with Gasteiger partial charge in [0.05, 0.1) is 13.0 Å². The topological polar surface area (TPSA) is 26.3 Å². The summed E-state index contributed by atoms with van der Waals surface area (Å²) in [5, 5.41) is 0. The number of carbonyl (C=O) groups is 1. The van der Waals surface area contributed by atoms with E-state index in [1.165, 1.54) is 26.4 Å². The maximum Gasteiger partial charge on any atom is 0.308 e. The number of rotatable bonds is 3. The van der Waals surface area contributed by atoms with Crippen molar-refractivity contribution < 1.29 is 13.9 Å². The van der Waals surface area contributed by atoms with Crippen LogP contribution in [0.4, 0.5) is 4.39 Å². The summed E-state index contributed by atoms with van der Waals surface area (Å²) in [6, 6.07) is 0. The number of esters is 1. The van der Waals surface area contributed by atoms with Gasteiger partial charge in [0.25, 0.3) is 0 Å². The van der Waals surface area contributed by atoms with E-state index in [9.17, 15) is 9.18 Å². The predicted octanol–water partition coefficient (Wildman–Crippen LogP) is 3.42. The Hall–Kier alpha value is 0.130. The molecule has 17 heavy (non-hydrogen) atoms. The summed E-state index contributed by atoms with van der Waals surface area (Å²) in [5.41, 5.74) is -0.807. The highest BCUT2D eigenvalue weighted by Crippen LogP contribution is 2.75. The molecule has 4 fully saturated rings. The van der Waals surface area contributed by atoms with Crippen molar-refractivity contribution in [3.63, 3.8) is 0 Å². The van der Waals surface area contributed by atoms with E-state index in [-0.39, 0.29) is 11.9 Å². The van der Waals surface area contributed by atoms with Crippen molar-refractivity contribution >= 4 is 28.6 Å². The largest absolute Gasteiger partial charge is 0.469 e. The molecule has 0 aliphatic heterocycles. The maximum absolute atomic E-state index is 14.7. The highest BCUT2D eigenvalue weighted by atomic mass is 127. The standard InChI is InChI=1S/C13H18FIO2/c1-17-10(16)9-2-3-12(14,4-9)5-11-6-13(15,7-11)8-11/h9H,2-8H2,1H3/t9-,11?,12-,13?/m1/s1. The van der Waals surface area contributed by atoms with Gasteiger partial charge in [-0.1, -0.05) is 22.6 Å². The van der Waals surface area contributed by atoms with Crippen LogP contribution in [-0.2, 0) is 9.53 Å². The van der Waals surface area contributed by atoms with Gasteiger partial charge in [-0.15, -0.1) is 0 Å². The van der Waals surface area contributed by atoms with Crippen LogP contribution in [0.2, 0.25) is 0 Å². The minimum atomic E-state index is -1.10. The lowest BCUT2D eigenvalue weighted by molar-refractivity contribution is -0.146. The first-order chi connectivity index (χ1) is 7.88. The van der Waals surface area contributed by atoms with Crippen molar-refractivity contribution in [1.29, 1.82) is 0 Å². The summed E-state index contributed by atoms with van der Waals surface area (Å²) in [4.78, 5) is 11.4. The van der Waals surface area contributed by atoms with E-state index in [0.29, 0.717) is 34.5 Å². The van der Waals surface area contributed by atoms with Crippen LogP contribution in [0.15, 0.2) is 0 Å². The number of carbonyl (C=O) groups excluding carboxylic acids is 1. The second-order valence-electron chi connectivity index (χ2n) is 6.47. The maximum atomic E-state index is 14.7. The lowest BCUT2D eigenvalue weighted by atomic mass is 9.42. The zero-order valence-corrected chi connectivity index (χ0v) is 12.3. The molecule has 0 spiro atoms. The molecule has 0 aromatic heterocycles. The van der Waals surface area contributed by atoms with Gasteiger partial charge in [-0.25, -0.2) is 4.39 Å². The Labute approximate surface area is 115 Å². The van der Waals surface area contributed by atoms with Crippen molar-refractivity contribution in [2.45, 2.75) is 54.0 Å². The molecule has 0 aromatic rings. The Balaban J connectivity index is 1.59. The van der Waals surface area contributed by atoms with Crippen LogP contribution in [0, 0.1) is 11.3 Å². The van der Waals surface area contributed by atoms with E-state index in [1.807, 2.05) is 0 Å².